The third-order valence-corrected chi connectivity index (χ3v) is 2.55. The largest absolute Gasteiger partial charge is 0.476 e. The SMILES string of the molecule is CC(C)n1nnc(C(=O)O)c1-c1cccc(N)c1. The molecule has 0 aliphatic rings. The average molecular weight is 246 g/mol. The summed E-state index contributed by atoms with van der Waals surface area (Å²) in [5, 5.41) is 16.7. The number of nitrogens with two attached hydrogens (primary N) is 1. The van der Waals surface area contributed by atoms with Gasteiger partial charge in [0, 0.05) is 17.3 Å². The van der Waals surface area contributed by atoms with Crippen LogP contribution in [0.25, 0.3) is 11.3 Å². The highest BCUT2D eigenvalue weighted by Crippen LogP contribution is 2.26. The third kappa shape index (κ3) is 2.04. The van der Waals surface area contributed by atoms with Crippen LogP contribution in [0.4, 0.5) is 5.69 Å². The lowest BCUT2D eigenvalue weighted by Crippen LogP contribution is -2.07. The fourth-order valence-electron chi connectivity index (χ4n) is 1.75. The number of carbonyl (C=O) groups is 1. The van der Waals surface area contributed by atoms with E-state index in [1.165, 1.54) is 0 Å². The van der Waals surface area contributed by atoms with Crippen LogP contribution in [-0.4, -0.2) is 26.1 Å². The lowest BCUT2D eigenvalue weighted by Gasteiger charge is -2.10. The van der Waals surface area contributed by atoms with Gasteiger partial charge in [0.1, 0.15) is 5.69 Å². The molecule has 0 atom stereocenters. The second kappa shape index (κ2) is 4.48. The van der Waals surface area contributed by atoms with Crippen molar-refractivity contribution in [1.82, 2.24) is 15.0 Å². The number of anilines is 1. The van der Waals surface area contributed by atoms with Gasteiger partial charge in [-0.2, -0.15) is 0 Å². The fraction of sp³-hybridized carbons (Fsp3) is 0.250. The van der Waals surface area contributed by atoms with Gasteiger partial charge >= 0.3 is 5.97 Å². The zero-order valence-corrected chi connectivity index (χ0v) is 10.2. The van der Waals surface area contributed by atoms with Gasteiger partial charge in [-0.15, -0.1) is 5.10 Å². The van der Waals surface area contributed by atoms with Gasteiger partial charge in [-0.1, -0.05) is 17.3 Å². The van der Waals surface area contributed by atoms with Crippen molar-refractivity contribution in [3.05, 3.63) is 30.0 Å². The summed E-state index contributed by atoms with van der Waals surface area (Å²) in [6.07, 6.45) is 0. The Balaban J connectivity index is 2.67. The molecule has 1 aromatic carbocycles. The Hall–Kier alpha value is -2.37. The normalized spacial score (nSPS) is 10.8. The highest BCUT2D eigenvalue weighted by Gasteiger charge is 2.21. The first-order chi connectivity index (χ1) is 8.50. The minimum absolute atomic E-state index is 0.0158. The molecule has 0 amide bonds. The van der Waals surface area contributed by atoms with E-state index < -0.39 is 5.97 Å². The van der Waals surface area contributed by atoms with Crippen LogP contribution >= 0.6 is 0 Å². The van der Waals surface area contributed by atoms with Gasteiger partial charge in [-0.05, 0) is 26.0 Å². The molecule has 0 bridgehead atoms. The van der Waals surface area contributed by atoms with E-state index in [9.17, 15) is 4.79 Å². The maximum Gasteiger partial charge on any atom is 0.358 e. The summed E-state index contributed by atoms with van der Waals surface area (Å²) in [7, 11) is 0. The number of hydrogen-bond donors (Lipinski definition) is 2. The quantitative estimate of drug-likeness (QED) is 0.805. The Morgan fingerprint density at radius 2 is 2.17 bits per heavy atom. The second-order valence-electron chi connectivity index (χ2n) is 4.26. The minimum atomic E-state index is -1.10. The van der Waals surface area contributed by atoms with E-state index in [0.29, 0.717) is 16.9 Å². The number of hydrogen-bond acceptors (Lipinski definition) is 4. The molecule has 0 radical (unpaired) electrons. The molecular formula is C12H14N4O2. The number of nitrogen functional groups attached to an aromatic ring is 1. The summed E-state index contributed by atoms with van der Waals surface area (Å²) in [5.41, 5.74) is 7.41. The Morgan fingerprint density at radius 1 is 1.44 bits per heavy atom. The van der Waals surface area contributed by atoms with Crippen molar-refractivity contribution >= 4 is 11.7 Å². The first kappa shape index (κ1) is 12.1. The molecule has 94 valence electrons. The van der Waals surface area contributed by atoms with Crippen LogP contribution < -0.4 is 5.73 Å². The van der Waals surface area contributed by atoms with Crippen LogP contribution in [0.5, 0.6) is 0 Å². The average Bonchev–Trinajstić information content (AvgIpc) is 2.73. The lowest BCUT2D eigenvalue weighted by molar-refractivity contribution is 0.0691. The molecule has 2 aromatic rings. The Morgan fingerprint density at radius 3 is 2.72 bits per heavy atom. The monoisotopic (exact) mass is 246 g/mol. The third-order valence-electron chi connectivity index (χ3n) is 2.55. The summed E-state index contributed by atoms with van der Waals surface area (Å²) < 4.78 is 1.58. The maximum atomic E-state index is 11.2. The first-order valence-electron chi connectivity index (χ1n) is 5.55. The Bertz CT molecular complexity index is 590. The molecule has 3 N–H and O–H groups in total. The summed E-state index contributed by atoms with van der Waals surface area (Å²) >= 11 is 0. The summed E-state index contributed by atoms with van der Waals surface area (Å²) in [6, 6.07) is 7.04. The van der Waals surface area contributed by atoms with E-state index in [4.69, 9.17) is 10.8 Å². The standard InChI is InChI=1S/C12H14N4O2/c1-7(2)16-11(10(12(17)18)14-15-16)8-4-3-5-9(13)6-8/h3-7H,13H2,1-2H3,(H,17,18). The van der Waals surface area contributed by atoms with Crippen molar-refractivity contribution < 1.29 is 9.90 Å². The highest BCUT2D eigenvalue weighted by molar-refractivity contribution is 5.92. The molecule has 6 nitrogen and oxygen atoms in total. The van der Waals surface area contributed by atoms with Gasteiger partial charge in [0.05, 0.1) is 0 Å². The molecule has 0 unspecified atom stereocenters. The zero-order valence-electron chi connectivity index (χ0n) is 10.2. The summed E-state index contributed by atoms with van der Waals surface area (Å²) in [4.78, 5) is 11.2. The Labute approximate surface area is 104 Å². The molecule has 0 saturated heterocycles. The lowest BCUT2D eigenvalue weighted by atomic mass is 10.1. The predicted molar refractivity (Wildman–Crippen MR) is 67.2 cm³/mol. The van der Waals surface area contributed by atoms with Gasteiger partial charge in [-0.3, -0.25) is 0 Å². The van der Waals surface area contributed by atoms with Crippen molar-refractivity contribution in [3.8, 4) is 11.3 Å². The smallest absolute Gasteiger partial charge is 0.358 e. The number of carboxylic acids is 1. The summed E-state index contributed by atoms with van der Waals surface area (Å²) in [6.45, 7) is 3.83. The van der Waals surface area contributed by atoms with Crippen molar-refractivity contribution in [2.45, 2.75) is 19.9 Å². The molecule has 0 aliphatic heterocycles. The van der Waals surface area contributed by atoms with Gasteiger partial charge in [-0.25, -0.2) is 9.48 Å². The van der Waals surface area contributed by atoms with Crippen LogP contribution in [0.1, 0.15) is 30.4 Å². The van der Waals surface area contributed by atoms with Crippen LogP contribution in [0.15, 0.2) is 24.3 Å². The molecule has 0 aliphatic carbocycles. The van der Waals surface area contributed by atoms with Crippen LogP contribution in [-0.2, 0) is 0 Å². The highest BCUT2D eigenvalue weighted by atomic mass is 16.4. The molecule has 0 saturated carbocycles. The second-order valence-corrected chi connectivity index (χ2v) is 4.26. The molecule has 2 rings (SSSR count). The van der Waals surface area contributed by atoms with Crippen molar-refractivity contribution in [1.29, 1.82) is 0 Å². The van der Waals surface area contributed by atoms with E-state index in [0.717, 1.165) is 0 Å². The van der Waals surface area contributed by atoms with Crippen molar-refractivity contribution in [2.75, 3.05) is 5.73 Å². The van der Waals surface area contributed by atoms with Gasteiger partial charge in [0.25, 0.3) is 0 Å². The summed E-state index contributed by atoms with van der Waals surface area (Å²) in [5.74, 6) is -1.10. The molecule has 6 heteroatoms. The molecule has 0 spiro atoms. The number of carboxylic acid groups (broad SMARTS) is 1. The van der Waals surface area contributed by atoms with E-state index in [1.807, 2.05) is 13.8 Å². The van der Waals surface area contributed by atoms with E-state index in [1.54, 1.807) is 28.9 Å². The van der Waals surface area contributed by atoms with E-state index in [-0.39, 0.29) is 11.7 Å². The van der Waals surface area contributed by atoms with Crippen LogP contribution in [0.2, 0.25) is 0 Å². The maximum absolute atomic E-state index is 11.2. The van der Waals surface area contributed by atoms with Crippen LogP contribution in [0, 0.1) is 0 Å². The topological polar surface area (TPSA) is 94.0 Å². The molecule has 1 heterocycles. The minimum Gasteiger partial charge on any atom is -0.476 e. The fourth-order valence-corrected chi connectivity index (χ4v) is 1.75. The number of aromatic carboxylic acids is 1. The number of rotatable bonds is 3. The molecule has 18 heavy (non-hydrogen) atoms. The number of aromatic nitrogens is 3. The molecule has 0 fully saturated rings. The van der Waals surface area contributed by atoms with Crippen molar-refractivity contribution in [3.63, 3.8) is 0 Å². The van der Waals surface area contributed by atoms with Crippen molar-refractivity contribution in [2.24, 2.45) is 0 Å². The van der Waals surface area contributed by atoms with Gasteiger partial charge < -0.3 is 10.8 Å². The van der Waals surface area contributed by atoms with E-state index >= 15 is 0 Å². The zero-order chi connectivity index (χ0) is 13.3. The Kier molecular flexibility index (Phi) is 3.01. The first-order valence-corrected chi connectivity index (χ1v) is 5.55. The number of benzene rings is 1. The predicted octanol–water partition coefficient (Wildman–Crippen LogP) is 1.81. The van der Waals surface area contributed by atoms with Gasteiger partial charge in [0.15, 0.2) is 5.69 Å². The molecular weight excluding hydrogens is 232 g/mol. The number of nitrogens with zero attached hydrogens (tertiary/aromatic N) is 3. The van der Waals surface area contributed by atoms with Gasteiger partial charge in [0.2, 0.25) is 0 Å². The van der Waals surface area contributed by atoms with Crippen LogP contribution in [0.3, 0.4) is 0 Å². The van der Waals surface area contributed by atoms with E-state index in [2.05, 4.69) is 10.3 Å². The molecule has 1 aromatic heterocycles.